The summed E-state index contributed by atoms with van der Waals surface area (Å²) in [6.45, 7) is 0. The smallest absolute Gasteiger partial charge is 0.164 e. The minimum absolute atomic E-state index is 0.424. The third kappa shape index (κ3) is 3.47. The van der Waals surface area contributed by atoms with Gasteiger partial charge in [0, 0.05) is 16.7 Å². The molecule has 0 aliphatic rings. The lowest BCUT2D eigenvalue weighted by Gasteiger charge is -2.11. The molecule has 0 bridgehead atoms. The third-order valence-electron chi connectivity index (χ3n) is 4.67. The zero-order valence-corrected chi connectivity index (χ0v) is 16.0. The maximum atomic E-state index is 5.97. The summed E-state index contributed by atoms with van der Waals surface area (Å²) in [6.07, 6.45) is 0. The first-order valence-electron chi connectivity index (χ1n) is 9.04. The van der Waals surface area contributed by atoms with E-state index in [1.165, 1.54) is 0 Å². The Labute approximate surface area is 172 Å². The molecule has 1 heterocycles. The van der Waals surface area contributed by atoms with Crippen LogP contribution >= 0.6 is 0 Å². The molecule has 150 valence electrons. The van der Waals surface area contributed by atoms with E-state index in [0.717, 1.165) is 0 Å². The normalized spacial score (nSPS) is 10.8. The summed E-state index contributed by atoms with van der Waals surface area (Å²) in [5.74, 6) is 1.27. The van der Waals surface area contributed by atoms with Crippen LogP contribution in [0.1, 0.15) is 0 Å². The topological polar surface area (TPSA) is 195 Å². The molecular weight excluding hydrogens is 378 g/mol. The number of nitrogen functional groups attached to an aromatic ring is 6. The molecule has 30 heavy (non-hydrogen) atoms. The van der Waals surface area contributed by atoms with Crippen molar-refractivity contribution >= 4 is 34.1 Å². The second-order valence-corrected chi connectivity index (χ2v) is 6.84. The van der Waals surface area contributed by atoms with E-state index in [0.29, 0.717) is 68.3 Å². The van der Waals surface area contributed by atoms with Gasteiger partial charge in [-0.15, -0.1) is 0 Å². The van der Waals surface area contributed by atoms with Crippen molar-refractivity contribution in [2.24, 2.45) is 0 Å². The Hall–Kier alpha value is -4.53. The molecule has 0 saturated heterocycles. The highest BCUT2D eigenvalue weighted by atomic mass is 15.0. The summed E-state index contributed by atoms with van der Waals surface area (Å²) in [4.78, 5) is 13.8. The molecule has 0 spiro atoms. The van der Waals surface area contributed by atoms with Crippen molar-refractivity contribution < 1.29 is 0 Å². The minimum atomic E-state index is 0.424. The predicted octanol–water partition coefficient (Wildman–Crippen LogP) is 2.37. The molecule has 4 rings (SSSR count). The number of aromatic nitrogens is 3. The van der Waals surface area contributed by atoms with E-state index in [1.807, 2.05) is 0 Å². The third-order valence-corrected chi connectivity index (χ3v) is 4.67. The van der Waals surface area contributed by atoms with Gasteiger partial charge in [0.15, 0.2) is 17.5 Å². The van der Waals surface area contributed by atoms with E-state index in [9.17, 15) is 0 Å². The summed E-state index contributed by atoms with van der Waals surface area (Å²) in [5, 5.41) is 0. The number of nitrogens with zero attached hydrogens (tertiary/aromatic N) is 3. The van der Waals surface area contributed by atoms with Gasteiger partial charge in [-0.05, 0) is 54.6 Å². The molecule has 0 atom stereocenters. The SMILES string of the molecule is Nc1ccc(-c2nc(-c3ccc(N)c(N)c3)nc(-c3ccc(N)c(N)c3)n2)cc1N. The van der Waals surface area contributed by atoms with Crippen molar-refractivity contribution in [1.29, 1.82) is 0 Å². The van der Waals surface area contributed by atoms with E-state index in [2.05, 4.69) is 15.0 Å². The van der Waals surface area contributed by atoms with Gasteiger partial charge in [-0.1, -0.05) is 0 Å². The molecule has 1 aromatic heterocycles. The van der Waals surface area contributed by atoms with Crippen molar-refractivity contribution in [2.75, 3.05) is 34.4 Å². The van der Waals surface area contributed by atoms with Crippen molar-refractivity contribution in [2.45, 2.75) is 0 Å². The van der Waals surface area contributed by atoms with E-state index < -0.39 is 0 Å². The number of hydrogen-bond donors (Lipinski definition) is 6. The predicted molar refractivity (Wildman–Crippen MR) is 123 cm³/mol. The zero-order chi connectivity index (χ0) is 21.4. The molecule has 0 amide bonds. The maximum absolute atomic E-state index is 5.97. The lowest BCUT2D eigenvalue weighted by molar-refractivity contribution is 1.07. The largest absolute Gasteiger partial charge is 0.397 e. The Morgan fingerprint density at radius 1 is 0.367 bits per heavy atom. The average Bonchev–Trinajstić information content (AvgIpc) is 2.73. The molecule has 0 radical (unpaired) electrons. The number of rotatable bonds is 3. The van der Waals surface area contributed by atoms with E-state index >= 15 is 0 Å². The van der Waals surface area contributed by atoms with Gasteiger partial charge in [0.1, 0.15) is 0 Å². The lowest BCUT2D eigenvalue weighted by atomic mass is 10.1. The van der Waals surface area contributed by atoms with Crippen LogP contribution in [0, 0.1) is 0 Å². The Kier molecular flexibility index (Phi) is 4.47. The Balaban J connectivity index is 1.94. The Morgan fingerprint density at radius 3 is 0.867 bits per heavy atom. The highest BCUT2D eigenvalue weighted by molar-refractivity contribution is 5.77. The van der Waals surface area contributed by atoms with Crippen LogP contribution in [0.3, 0.4) is 0 Å². The van der Waals surface area contributed by atoms with Crippen LogP contribution in [-0.2, 0) is 0 Å². The summed E-state index contributed by atoms with van der Waals surface area (Å²) < 4.78 is 0. The van der Waals surface area contributed by atoms with Crippen LogP contribution in [0.5, 0.6) is 0 Å². The van der Waals surface area contributed by atoms with E-state index in [4.69, 9.17) is 34.4 Å². The fourth-order valence-corrected chi connectivity index (χ4v) is 2.90. The summed E-state index contributed by atoms with van der Waals surface area (Å²) >= 11 is 0. The van der Waals surface area contributed by atoms with Crippen LogP contribution in [0.15, 0.2) is 54.6 Å². The van der Waals surface area contributed by atoms with Gasteiger partial charge in [-0.3, -0.25) is 0 Å². The highest BCUT2D eigenvalue weighted by Gasteiger charge is 2.14. The van der Waals surface area contributed by atoms with Crippen molar-refractivity contribution in [3.63, 3.8) is 0 Å². The molecular formula is C21H21N9. The first-order chi connectivity index (χ1) is 14.3. The fraction of sp³-hybridized carbons (Fsp3) is 0. The van der Waals surface area contributed by atoms with Gasteiger partial charge in [-0.25, -0.2) is 15.0 Å². The standard InChI is InChI=1S/C21H21N9/c22-13-4-1-10(7-16(13)25)19-28-20(11-2-5-14(23)17(26)8-11)30-21(29-19)12-3-6-15(24)18(27)9-12/h1-9H,22-27H2. The van der Waals surface area contributed by atoms with Crippen molar-refractivity contribution in [3.8, 4) is 34.2 Å². The maximum Gasteiger partial charge on any atom is 0.164 e. The molecule has 9 heteroatoms. The van der Waals surface area contributed by atoms with Crippen LogP contribution < -0.4 is 34.4 Å². The van der Waals surface area contributed by atoms with Crippen molar-refractivity contribution in [1.82, 2.24) is 15.0 Å². The first-order valence-corrected chi connectivity index (χ1v) is 9.04. The fourth-order valence-electron chi connectivity index (χ4n) is 2.90. The van der Waals surface area contributed by atoms with E-state index in [1.54, 1.807) is 54.6 Å². The van der Waals surface area contributed by atoms with Gasteiger partial charge in [0.25, 0.3) is 0 Å². The Bertz CT molecular complexity index is 1100. The monoisotopic (exact) mass is 399 g/mol. The summed E-state index contributed by atoms with van der Waals surface area (Å²) in [7, 11) is 0. The first kappa shape index (κ1) is 18.8. The molecule has 0 aliphatic carbocycles. The van der Waals surface area contributed by atoms with Gasteiger partial charge >= 0.3 is 0 Å². The minimum Gasteiger partial charge on any atom is -0.397 e. The van der Waals surface area contributed by atoms with Crippen LogP contribution in [0.2, 0.25) is 0 Å². The number of benzene rings is 3. The Morgan fingerprint density at radius 2 is 0.633 bits per heavy atom. The molecule has 12 N–H and O–H groups in total. The second-order valence-electron chi connectivity index (χ2n) is 6.84. The highest BCUT2D eigenvalue weighted by Crippen LogP contribution is 2.30. The van der Waals surface area contributed by atoms with Crippen molar-refractivity contribution in [3.05, 3.63) is 54.6 Å². The molecule has 3 aromatic carbocycles. The molecule has 0 saturated carbocycles. The number of hydrogen-bond acceptors (Lipinski definition) is 9. The van der Waals surface area contributed by atoms with Gasteiger partial charge in [0.05, 0.1) is 34.1 Å². The van der Waals surface area contributed by atoms with Gasteiger partial charge in [-0.2, -0.15) is 0 Å². The van der Waals surface area contributed by atoms with Gasteiger partial charge in [0.2, 0.25) is 0 Å². The quantitative estimate of drug-likeness (QED) is 0.280. The summed E-state index contributed by atoms with van der Waals surface area (Å²) in [5.41, 5.74) is 40.3. The number of nitrogens with two attached hydrogens (primary N) is 6. The molecule has 4 aromatic rings. The summed E-state index contributed by atoms with van der Waals surface area (Å²) in [6, 6.07) is 15.6. The van der Waals surface area contributed by atoms with Gasteiger partial charge < -0.3 is 34.4 Å². The molecule has 0 unspecified atom stereocenters. The van der Waals surface area contributed by atoms with Crippen LogP contribution in [0.25, 0.3) is 34.2 Å². The zero-order valence-electron chi connectivity index (χ0n) is 16.0. The van der Waals surface area contributed by atoms with E-state index in [-0.39, 0.29) is 0 Å². The number of anilines is 6. The lowest BCUT2D eigenvalue weighted by Crippen LogP contribution is -2.03. The van der Waals surface area contributed by atoms with Crippen LogP contribution in [0.4, 0.5) is 34.1 Å². The molecule has 9 nitrogen and oxygen atoms in total. The second kappa shape index (κ2) is 7.13. The molecule has 0 fully saturated rings. The molecule has 0 aliphatic heterocycles. The van der Waals surface area contributed by atoms with Crippen LogP contribution in [-0.4, -0.2) is 15.0 Å². The average molecular weight is 399 g/mol.